The fourth-order valence-corrected chi connectivity index (χ4v) is 1.54. The molecule has 0 aliphatic heterocycles. The second kappa shape index (κ2) is 6.88. The van der Waals surface area contributed by atoms with Gasteiger partial charge in [0.15, 0.2) is 0 Å². The molecule has 0 bridgehead atoms. The molecule has 0 saturated heterocycles. The Hall–Kier alpha value is -2.11. The normalized spacial score (nSPS) is 12.4. The minimum Gasteiger partial charge on any atom is -0.467 e. The van der Waals surface area contributed by atoms with Gasteiger partial charge in [0.05, 0.1) is 7.11 Å². The number of esters is 1. The van der Waals surface area contributed by atoms with Gasteiger partial charge in [0, 0.05) is 18.8 Å². The summed E-state index contributed by atoms with van der Waals surface area (Å²) < 4.78 is 9.82. The van der Waals surface area contributed by atoms with E-state index in [2.05, 4.69) is 10.3 Å². The average Bonchev–Trinajstić information content (AvgIpc) is 2.36. The van der Waals surface area contributed by atoms with Gasteiger partial charge in [-0.15, -0.1) is 0 Å². The molecule has 1 aromatic heterocycles. The number of nitrogens with zero attached hydrogens (tertiary/aromatic N) is 1. The van der Waals surface area contributed by atoms with E-state index >= 15 is 0 Å². The van der Waals surface area contributed by atoms with E-state index in [1.165, 1.54) is 7.11 Å². The van der Waals surface area contributed by atoms with E-state index < -0.39 is 23.7 Å². The summed E-state index contributed by atoms with van der Waals surface area (Å²) in [4.78, 5) is 27.3. The first-order chi connectivity index (χ1) is 9.31. The van der Waals surface area contributed by atoms with Gasteiger partial charge in [-0.1, -0.05) is 0 Å². The topological polar surface area (TPSA) is 77.5 Å². The lowest BCUT2D eigenvalue weighted by atomic mass is 10.1. The van der Waals surface area contributed by atoms with Crippen molar-refractivity contribution in [1.82, 2.24) is 10.3 Å². The molecule has 0 spiro atoms. The Balaban J connectivity index is 2.70. The second-order valence-corrected chi connectivity index (χ2v) is 5.28. The summed E-state index contributed by atoms with van der Waals surface area (Å²) in [7, 11) is 1.28. The number of amides is 1. The number of carbonyl (C=O) groups is 2. The molecular weight excluding hydrogens is 260 g/mol. The minimum atomic E-state index is -0.794. The summed E-state index contributed by atoms with van der Waals surface area (Å²) in [5, 5.41) is 2.52. The molecule has 1 unspecified atom stereocenters. The molecular formula is C14H20N2O4. The van der Waals surface area contributed by atoms with Crippen molar-refractivity contribution in [3.05, 3.63) is 30.1 Å². The SMILES string of the molecule is COC(=O)C(Cc1ccncc1)NC(=O)OC(C)(C)C. The lowest BCUT2D eigenvalue weighted by Gasteiger charge is -2.22. The quantitative estimate of drug-likeness (QED) is 0.849. The summed E-state index contributed by atoms with van der Waals surface area (Å²) >= 11 is 0. The van der Waals surface area contributed by atoms with Crippen molar-refractivity contribution < 1.29 is 19.1 Å². The number of aromatic nitrogens is 1. The summed E-state index contributed by atoms with van der Waals surface area (Å²) in [5.41, 5.74) is 0.243. The highest BCUT2D eigenvalue weighted by Crippen LogP contribution is 2.08. The van der Waals surface area contributed by atoms with Crippen LogP contribution in [0.15, 0.2) is 24.5 Å². The van der Waals surface area contributed by atoms with E-state index in [4.69, 9.17) is 9.47 Å². The molecule has 0 aromatic carbocycles. The highest BCUT2D eigenvalue weighted by atomic mass is 16.6. The highest BCUT2D eigenvalue weighted by Gasteiger charge is 2.25. The van der Waals surface area contributed by atoms with Crippen molar-refractivity contribution in [2.75, 3.05) is 7.11 Å². The monoisotopic (exact) mass is 280 g/mol. The average molecular weight is 280 g/mol. The smallest absolute Gasteiger partial charge is 0.408 e. The van der Waals surface area contributed by atoms with Crippen molar-refractivity contribution in [2.45, 2.75) is 38.8 Å². The van der Waals surface area contributed by atoms with E-state index in [9.17, 15) is 9.59 Å². The Bertz CT molecular complexity index is 454. The Morgan fingerprint density at radius 3 is 2.40 bits per heavy atom. The number of pyridine rings is 1. The predicted octanol–water partition coefficient (Wildman–Crippen LogP) is 1.69. The molecule has 110 valence electrons. The standard InChI is InChI=1S/C14H20N2O4/c1-14(2,3)20-13(18)16-11(12(17)19-4)9-10-5-7-15-8-6-10/h5-8,11H,9H2,1-4H3,(H,16,18). The largest absolute Gasteiger partial charge is 0.467 e. The van der Waals surface area contributed by atoms with Gasteiger partial charge in [0.25, 0.3) is 0 Å². The van der Waals surface area contributed by atoms with Crippen LogP contribution in [0.2, 0.25) is 0 Å². The first-order valence-electron chi connectivity index (χ1n) is 6.28. The van der Waals surface area contributed by atoms with Gasteiger partial charge in [-0.25, -0.2) is 9.59 Å². The van der Waals surface area contributed by atoms with E-state index in [0.717, 1.165) is 5.56 Å². The minimum absolute atomic E-state index is 0.314. The summed E-state index contributed by atoms with van der Waals surface area (Å²) in [6, 6.07) is 2.75. The van der Waals surface area contributed by atoms with Crippen molar-refractivity contribution in [1.29, 1.82) is 0 Å². The molecule has 1 amide bonds. The Morgan fingerprint density at radius 1 is 1.30 bits per heavy atom. The number of ether oxygens (including phenoxy) is 2. The molecule has 1 atom stereocenters. The predicted molar refractivity (Wildman–Crippen MR) is 73.1 cm³/mol. The molecule has 0 radical (unpaired) electrons. The molecule has 1 N–H and O–H groups in total. The van der Waals surface area contributed by atoms with Crippen molar-refractivity contribution >= 4 is 12.1 Å². The molecule has 0 aliphatic rings. The van der Waals surface area contributed by atoms with Crippen LogP contribution in [-0.4, -0.2) is 35.8 Å². The maximum atomic E-state index is 11.7. The van der Waals surface area contributed by atoms with Gasteiger partial charge in [-0.2, -0.15) is 0 Å². The van der Waals surface area contributed by atoms with Crippen LogP contribution in [0, 0.1) is 0 Å². The zero-order valence-electron chi connectivity index (χ0n) is 12.2. The van der Waals surface area contributed by atoms with Crippen molar-refractivity contribution in [2.24, 2.45) is 0 Å². The molecule has 6 nitrogen and oxygen atoms in total. The summed E-state index contributed by atoms with van der Waals surface area (Å²) in [6.45, 7) is 5.26. The number of alkyl carbamates (subject to hydrolysis) is 1. The van der Waals surface area contributed by atoms with E-state index in [1.54, 1.807) is 45.3 Å². The summed E-state index contributed by atoms with van der Waals surface area (Å²) in [5.74, 6) is -0.521. The molecule has 20 heavy (non-hydrogen) atoms. The van der Waals surface area contributed by atoms with E-state index in [0.29, 0.717) is 6.42 Å². The molecule has 1 heterocycles. The van der Waals surface area contributed by atoms with Gasteiger partial charge in [0.2, 0.25) is 0 Å². The third-order valence-electron chi connectivity index (χ3n) is 2.37. The number of hydrogen-bond donors (Lipinski definition) is 1. The van der Waals surface area contributed by atoms with Gasteiger partial charge in [-0.05, 0) is 38.5 Å². The van der Waals surface area contributed by atoms with Gasteiger partial charge >= 0.3 is 12.1 Å². The molecule has 1 aromatic rings. The first-order valence-corrected chi connectivity index (χ1v) is 6.28. The molecule has 6 heteroatoms. The number of nitrogens with one attached hydrogen (secondary N) is 1. The second-order valence-electron chi connectivity index (χ2n) is 5.28. The Labute approximate surface area is 118 Å². The number of methoxy groups -OCH3 is 1. The maximum absolute atomic E-state index is 11.7. The van der Waals surface area contributed by atoms with Crippen LogP contribution in [0.1, 0.15) is 26.3 Å². The third-order valence-corrected chi connectivity index (χ3v) is 2.37. The van der Waals surface area contributed by atoms with E-state index in [-0.39, 0.29) is 0 Å². The fourth-order valence-electron chi connectivity index (χ4n) is 1.54. The zero-order valence-corrected chi connectivity index (χ0v) is 12.2. The number of rotatable bonds is 4. The highest BCUT2D eigenvalue weighted by molar-refractivity contribution is 5.81. The molecule has 0 aliphatic carbocycles. The van der Waals surface area contributed by atoms with Crippen LogP contribution in [0.3, 0.4) is 0 Å². The van der Waals surface area contributed by atoms with Crippen LogP contribution in [0.4, 0.5) is 4.79 Å². The molecule has 0 saturated carbocycles. The summed E-state index contributed by atoms with van der Waals surface area (Å²) in [6.07, 6.45) is 2.91. The van der Waals surface area contributed by atoms with Gasteiger partial charge < -0.3 is 14.8 Å². The van der Waals surface area contributed by atoms with Crippen molar-refractivity contribution in [3.8, 4) is 0 Å². The van der Waals surface area contributed by atoms with Crippen LogP contribution >= 0.6 is 0 Å². The Kier molecular flexibility index (Phi) is 5.49. The van der Waals surface area contributed by atoms with Crippen LogP contribution in [0.5, 0.6) is 0 Å². The maximum Gasteiger partial charge on any atom is 0.408 e. The van der Waals surface area contributed by atoms with Gasteiger partial charge in [-0.3, -0.25) is 4.98 Å². The lowest BCUT2D eigenvalue weighted by molar-refractivity contribution is -0.143. The number of hydrogen-bond acceptors (Lipinski definition) is 5. The number of carbonyl (C=O) groups excluding carboxylic acids is 2. The zero-order chi connectivity index (χ0) is 15.2. The van der Waals surface area contributed by atoms with E-state index in [1.807, 2.05) is 0 Å². The first kappa shape index (κ1) is 15.9. The van der Waals surface area contributed by atoms with Crippen LogP contribution in [-0.2, 0) is 20.7 Å². The lowest BCUT2D eigenvalue weighted by Crippen LogP contribution is -2.45. The van der Waals surface area contributed by atoms with Gasteiger partial charge in [0.1, 0.15) is 11.6 Å². The fraction of sp³-hybridized carbons (Fsp3) is 0.500. The van der Waals surface area contributed by atoms with Crippen LogP contribution < -0.4 is 5.32 Å². The van der Waals surface area contributed by atoms with Crippen LogP contribution in [0.25, 0.3) is 0 Å². The van der Waals surface area contributed by atoms with Crippen molar-refractivity contribution in [3.63, 3.8) is 0 Å². The molecule has 1 rings (SSSR count). The Morgan fingerprint density at radius 2 is 1.90 bits per heavy atom. The molecule has 0 fully saturated rings. The third kappa shape index (κ3) is 5.69.